The predicted octanol–water partition coefficient (Wildman–Crippen LogP) is 5.22. The fourth-order valence-electron chi connectivity index (χ4n) is 2.87. The third-order valence-electron chi connectivity index (χ3n) is 4.10. The maximum absolute atomic E-state index is 8.36. The Kier molecular flexibility index (Phi) is 6.64. The second kappa shape index (κ2) is 9.57. The molecule has 0 bridgehead atoms. The molecule has 6 nitrogen and oxygen atoms in total. The smallest absolute Gasteiger partial charge is 0.291 e. The van der Waals surface area contributed by atoms with E-state index in [0.29, 0.717) is 5.25 Å². The molecular formula is C21H19N3O3S. The predicted molar refractivity (Wildman–Crippen MR) is 110 cm³/mol. The van der Waals surface area contributed by atoms with Crippen LogP contribution >= 0.6 is 11.8 Å². The summed E-state index contributed by atoms with van der Waals surface area (Å²) >= 11 is 1.90. The number of nitrogens with zero attached hydrogens (tertiary/aromatic N) is 3. The van der Waals surface area contributed by atoms with Crippen molar-refractivity contribution in [1.82, 2.24) is 9.55 Å². The van der Waals surface area contributed by atoms with E-state index in [4.69, 9.17) is 15.3 Å². The Morgan fingerprint density at radius 1 is 1.04 bits per heavy atom. The standard InChI is InChI=1S/C21H18N2S.HNO3/c1-2-8-20(9-3-1)24-21(15-23-13-12-22-16-23)19-11-10-17-6-4-5-7-18(17)14-19;2-1(3)4/h1-14,16,21H,15H2;(H,2,3,4). The monoisotopic (exact) mass is 393 g/mol. The van der Waals surface area contributed by atoms with E-state index in [2.05, 4.69) is 82.3 Å². The zero-order chi connectivity index (χ0) is 19.8. The average molecular weight is 393 g/mol. The van der Waals surface area contributed by atoms with Crippen LogP contribution in [-0.4, -0.2) is 19.8 Å². The second-order valence-electron chi connectivity index (χ2n) is 6.02. The summed E-state index contributed by atoms with van der Waals surface area (Å²) in [6, 6.07) is 25.9. The number of imidazole rings is 1. The largest absolute Gasteiger partial charge is 0.336 e. The first-order valence-corrected chi connectivity index (χ1v) is 9.49. The zero-order valence-corrected chi connectivity index (χ0v) is 15.8. The lowest BCUT2D eigenvalue weighted by atomic mass is 10.0. The zero-order valence-electron chi connectivity index (χ0n) is 15.0. The normalized spacial score (nSPS) is 11.4. The van der Waals surface area contributed by atoms with Crippen LogP contribution in [-0.2, 0) is 6.54 Å². The number of aromatic nitrogens is 2. The lowest BCUT2D eigenvalue weighted by molar-refractivity contribution is -0.742. The highest BCUT2D eigenvalue weighted by molar-refractivity contribution is 7.99. The topological polar surface area (TPSA) is 81.2 Å². The molecule has 0 saturated carbocycles. The molecule has 4 rings (SSSR count). The van der Waals surface area contributed by atoms with Crippen LogP contribution < -0.4 is 0 Å². The van der Waals surface area contributed by atoms with Gasteiger partial charge in [-0.15, -0.1) is 21.9 Å². The van der Waals surface area contributed by atoms with Crippen molar-refractivity contribution in [3.8, 4) is 0 Å². The van der Waals surface area contributed by atoms with E-state index in [1.165, 1.54) is 21.2 Å². The third kappa shape index (κ3) is 5.59. The molecule has 0 radical (unpaired) electrons. The minimum atomic E-state index is -1.50. The maximum atomic E-state index is 8.36. The van der Waals surface area contributed by atoms with Gasteiger partial charge in [0.25, 0.3) is 5.09 Å². The summed E-state index contributed by atoms with van der Waals surface area (Å²) in [6.45, 7) is 0.901. The molecular weight excluding hydrogens is 374 g/mol. The summed E-state index contributed by atoms with van der Waals surface area (Å²) in [5.41, 5.74) is 1.34. The summed E-state index contributed by atoms with van der Waals surface area (Å²) < 4.78 is 2.15. The van der Waals surface area contributed by atoms with Crippen molar-refractivity contribution in [2.24, 2.45) is 0 Å². The fraction of sp³-hybridized carbons (Fsp3) is 0.0952. The molecule has 0 amide bonds. The number of fused-ring (bicyclic) bond motifs is 1. The van der Waals surface area contributed by atoms with Crippen LogP contribution in [0, 0.1) is 10.1 Å². The van der Waals surface area contributed by atoms with Gasteiger partial charge in [0.05, 0.1) is 11.6 Å². The van der Waals surface area contributed by atoms with Crippen molar-refractivity contribution in [3.63, 3.8) is 0 Å². The van der Waals surface area contributed by atoms with Gasteiger partial charge in [-0.05, 0) is 34.5 Å². The Labute approximate surface area is 166 Å². The summed E-state index contributed by atoms with van der Waals surface area (Å²) in [7, 11) is 0. The molecule has 1 atom stereocenters. The summed E-state index contributed by atoms with van der Waals surface area (Å²) in [5, 5.41) is 16.6. The van der Waals surface area contributed by atoms with Crippen LogP contribution in [0.5, 0.6) is 0 Å². The van der Waals surface area contributed by atoms with E-state index in [1.54, 1.807) is 0 Å². The minimum absolute atomic E-state index is 0.339. The molecule has 28 heavy (non-hydrogen) atoms. The van der Waals surface area contributed by atoms with Crippen LogP contribution in [0.15, 0.2) is 96.4 Å². The van der Waals surface area contributed by atoms with E-state index < -0.39 is 5.09 Å². The highest BCUT2D eigenvalue weighted by atomic mass is 32.2. The highest BCUT2D eigenvalue weighted by Crippen LogP contribution is 2.37. The minimum Gasteiger partial charge on any atom is -0.336 e. The molecule has 1 aromatic heterocycles. The molecule has 0 spiro atoms. The number of benzene rings is 3. The van der Waals surface area contributed by atoms with E-state index in [0.717, 1.165) is 6.54 Å². The third-order valence-corrected chi connectivity index (χ3v) is 5.35. The SMILES string of the molecule is O=[N+]([O-])O.c1ccc(SC(Cn2ccnc2)c2ccc3ccccc3c2)cc1. The quantitative estimate of drug-likeness (QED) is 0.285. The van der Waals surface area contributed by atoms with Crippen molar-refractivity contribution in [2.75, 3.05) is 0 Å². The number of hydrogen-bond acceptors (Lipinski definition) is 4. The van der Waals surface area contributed by atoms with E-state index in [1.807, 2.05) is 30.5 Å². The number of rotatable bonds is 5. The van der Waals surface area contributed by atoms with Crippen LogP contribution in [0.25, 0.3) is 10.8 Å². The molecule has 0 fully saturated rings. The van der Waals surface area contributed by atoms with Crippen molar-refractivity contribution in [3.05, 3.63) is 107 Å². The van der Waals surface area contributed by atoms with E-state index in [9.17, 15) is 0 Å². The lowest BCUT2D eigenvalue weighted by Crippen LogP contribution is -2.05. The van der Waals surface area contributed by atoms with Gasteiger partial charge in [-0.3, -0.25) is 0 Å². The van der Waals surface area contributed by atoms with Gasteiger partial charge < -0.3 is 9.77 Å². The first-order valence-electron chi connectivity index (χ1n) is 8.61. The van der Waals surface area contributed by atoms with Crippen LogP contribution in [0.4, 0.5) is 0 Å². The van der Waals surface area contributed by atoms with Crippen molar-refractivity contribution in [2.45, 2.75) is 16.7 Å². The molecule has 0 aliphatic carbocycles. The Hall–Kier alpha value is -3.32. The summed E-state index contributed by atoms with van der Waals surface area (Å²) in [4.78, 5) is 13.8. The maximum Gasteiger partial charge on any atom is 0.291 e. The molecule has 7 heteroatoms. The summed E-state index contributed by atoms with van der Waals surface area (Å²) in [6.07, 6.45) is 5.75. The second-order valence-corrected chi connectivity index (χ2v) is 7.30. The average Bonchev–Trinajstić information content (AvgIpc) is 3.21. The van der Waals surface area contributed by atoms with Crippen LogP contribution in [0.3, 0.4) is 0 Å². The van der Waals surface area contributed by atoms with Crippen LogP contribution in [0.1, 0.15) is 10.8 Å². The molecule has 0 aliphatic heterocycles. The van der Waals surface area contributed by atoms with Crippen molar-refractivity contribution >= 4 is 22.5 Å². The Bertz CT molecular complexity index is 1020. The molecule has 1 N–H and O–H groups in total. The first kappa shape index (κ1) is 19.4. The molecule has 0 aliphatic rings. The van der Waals surface area contributed by atoms with E-state index >= 15 is 0 Å². The fourth-order valence-corrected chi connectivity index (χ4v) is 4.04. The summed E-state index contributed by atoms with van der Waals surface area (Å²) in [5.74, 6) is 0. The van der Waals surface area contributed by atoms with Gasteiger partial charge in [0, 0.05) is 23.8 Å². The highest BCUT2D eigenvalue weighted by Gasteiger charge is 2.14. The molecule has 142 valence electrons. The Balaban J connectivity index is 0.000000516. The van der Waals surface area contributed by atoms with Gasteiger partial charge in [0.2, 0.25) is 0 Å². The van der Waals surface area contributed by atoms with Gasteiger partial charge in [-0.2, -0.15) is 0 Å². The van der Waals surface area contributed by atoms with Crippen LogP contribution in [0.2, 0.25) is 0 Å². The van der Waals surface area contributed by atoms with Gasteiger partial charge in [0.15, 0.2) is 0 Å². The van der Waals surface area contributed by atoms with Crippen molar-refractivity contribution < 1.29 is 10.3 Å². The molecule has 0 saturated heterocycles. The van der Waals surface area contributed by atoms with Gasteiger partial charge in [0.1, 0.15) is 0 Å². The van der Waals surface area contributed by atoms with E-state index in [-0.39, 0.29) is 0 Å². The molecule has 1 heterocycles. The van der Waals surface area contributed by atoms with Gasteiger partial charge in [-0.1, -0.05) is 54.6 Å². The number of thioether (sulfide) groups is 1. The molecule has 4 aromatic rings. The molecule has 1 unspecified atom stereocenters. The Morgan fingerprint density at radius 2 is 1.71 bits per heavy atom. The van der Waals surface area contributed by atoms with Crippen molar-refractivity contribution in [1.29, 1.82) is 0 Å². The molecule has 3 aromatic carbocycles. The van der Waals surface area contributed by atoms with Gasteiger partial charge >= 0.3 is 0 Å². The Morgan fingerprint density at radius 3 is 2.39 bits per heavy atom. The van der Waals surface area contributed by atoms with Gasteiger partial charge in [-0.25, -0.2) is 4.98 Å². The lowest BCUT2D eigenvalue weighted by Gasteiger charge is -2.18. The number of hydrogen-bond donors (Lipinski definition) is 1. The first-order chi connectivity index (χ1) is 13.6.